The van der Waals surface area contributed by atoms with Gasteiger partial charge in [-0.3, -0.25) is 4.79 Å². The largest absolute Gasteiger partial charge is 0.493 e. The summed E-state index contributed by atoms with van der Waals surface area (Å²) in [4.78, 5) is 15.1. The molecule has 5 rings (SSSR count). The molecule has 2 aliphatic heterocycles. The first-order chi connectivity index (χ1) is 10.7. The molecule has 2 fully saturated rings. The highest BCUT2D eigenvalue weighted by Crippen LogP contribution is 2.62. The molecule has 116 valence electrons. The number of Topliss-reactive ketones (excluding diaryl/α,β-unsaturated/α-hetero) is 1. The van der Waals surface area contributed by atoms with E-state index in [4.69, 9.17) is 9.47 Å². The van der Waals surface area contributed by atoms with Crippen LogP contribution >= 0.6 is 0 Å². The normalized spacial score (nSPS) is 38.5. The molecule has 1 saturated carbocycles. The van der Waals surface area contributed by atoms with Crippen LogP contribution in [0.5, 0.6) is 11.5 Å². The van der Waals surface area contributed by atoms with E-state index >= 15 is 0 Å². The number of hydrogen-bond acceptors (Lipinski definition) is 4. The number of ketones is 1. The molecule has 1 aromatic carbocycles. The monoisotopic (exact) mass is 299 g/mol. The van der Waals surface area contributed by atoms with Gasteiger partial charge in [0.2, 0.25) is 0 Å². The van der Waals surface area contributed by atoms with Crippen LogP contribution in [0, 0.1) is 5.92 Å². The van der Waals surface area contributed by atoms with Crippen molar-refractivity contribution in [1.82, 2.24) is 4.90 Å². The number of hydrogen-bond donors (Lipinski definition) is 0. The van der Waals surface area contributed by atoms with E-state index in [1.165, 1.54) is 11.1 Å². The number of nitrogens with zero attached hydrogens (tertiary/aromatic N) is 1. The Morgan fingerprint density at radius 3 is 3.09 bits per heavy atom. The van der Waals surface area contributed by atoms with Crippen LogP contribution in [0.15, 0.2) is 12.1 Å². The molecule has 22 heavy (non-hydrogen) atoms. The first kappa shape index (κ1) is 12.9. The Morgan fingerprint density at radius 2 is 2.27 bits per heavy atom. The molecule has 4 atom stereocenters. The van der Waals surface area contributed by atoms with Gasteiger partial charge in [-0.1, -0.05) is 6.07 Å². The number of benzene rings is 1. The minimum absolute atomic E-state index is 0.0933. The van der Waals surface area contributed by atoms with Crippen LogP contribution in [0.1, 0.15) is 30.4 Å². The number of ether oxygens (including phenoxy) is 2. The minimum Gasteiger partial charge on any atom is -0.493 e. The van der Waals surface area contributed by atoms with Gasteiger partial charge in [0.05, 0.1) is 7.11 Å². The Labute approximate surface area is 130 Å². The maximum atomic E-state index is 12.6. The van der Waals surface area contributed by atoms with Crippen LogP contribution in [0.2, 0.25) is 0 Å². The van der Waals surface area contributed by atoms with E-state index in [1.54, 1.807) is 7.11 Å². The third kappa shape index (κ3) is 1.27. The lowest BCUT2D eigenvalue weighted by atomic mass is 9.52. The van der Waals surface area contributed by atoms with E-state index in [-0.39, 0.29) is 17.3 Å². The van der Waals surface area contributed by atoms with Crippen LogP contribution in [0.4, 0.5) is 0 Å². The standard InChI is InChI=1S/C18H21NO3/c1-19-8-7-18-11-4-5-13(20)17(18)22-16-14(21-2)6-3-10(15(16)18)9-12(11)19/h3,6,11-12,17H,4-5,7-9H2,1-2H3/t11?,12?,17-,18-/m0/s1. The maximum Gasteiger partial charge on any atom is 0.174 e. The maximum absolute atomic E-state index is 12.6. The molecule has 2 heterocycles. The van der Waals surface area contributed by atoms with Crippen LogP contribution in [-0.2, 0) is 16.6 Å². The highest BCUT2D eigenvalue weighted by atomic mass is 16.5. The molecule has 1 saturated heterocycles. The average Bonchev–Trinajstić information content (AvgIpc) is 2.88. The van der Waals surface area contributed by atoms with Gasteiger partial charge in [0.15, 0.2) is 23.4 Å². The summed E-state index contributed by atoms with van der Waals surface area (Å²) in [6, 6.07) is 4.73. The van der Waals surface area contributed by atoms with E-state index in [0.717, 1.165) is 37.3 Å². The fraction of sp³-hybridized carbons (Fsp3) is 0.611. The van der Waals surface area contributed by atoms with E-state index in [2.05, 4.69) is 18.0 Å². The second kappa shape index (κ2) is 4.05. The van der Waals surface area contributed by atoms with Crippen molar-refractivity contribution in [2.24, 2.45) is 5.92 Å². The molecule has 2 aliphatic carbocycles. The number of methoxy groups -OCH3 is 1. The molecule has 1 aromatic rings. The summed E-state index contributed by atoms with van der Waals surface area (Å²) in [5.41, 5.74) is 2.57. The predicted molar refractivity (Wildman–Crippen MR) is 81.6 cm³/mol. The third-order valence-corrected chi connectivity index (χ3v) is 6.59. The molecule has 0 radical (unpaired) electrons. The zero-order valence-corrected chi connectivity index (χ0v) is 13.1. The van der Waals surface area contributed by atoms with Crippen molar-refractivity contribution in [1.29, 1.82) is 0 Å². The number of likely N-dealkylation sites (tertiary alicyclic amines) is 1. The number of carbonyl (C=O) groups excluding carboxylic acids is 1. The van der Waals surface area contributed by atoms with Gasteiger partial charge in [-0.15, -0.1) is 0 Å². The average molecular weight is 299 g/mol. The van der Waals surface area contributed by atoms with Crippen LogP contribution in [0.25, 0.3) is 0 Å². The molecule has 2 unspecified atom stereocenters. The number of carbonyl (C=O) groups is 1. The van der Waals surface area contributed by atoms with Crippen molar-refractivity contribution < 1.29 is 14.3 Å². The van der Waals surface area contributed by atoms with Crippen LogP contribution in [-0.4, -0.2) is 43.5 Å². The highest BCUT2D eigenvalue weighted by molar-refractivity contribution is 5.89. The summed E-state index contributed by atoms with van der Waals surface area (Å²) in [5, 5.41) is 0. The van der Waals surface area contributed by atoms with Crippen molar-refractivity contribution in [3.8, 4) is 11.5 Å². The van der Waals surface area contributed by atoms with Gasteiger partial charge in [-0.2, -0.15) is 0 Å². The minimum atomic E-state index is -0.284. The Kier molecular flexibility index (Phi) is 2.38. The van der Waals surface area contributed by atoms with Crippen molar-refractivity contribution in [3.63, 3.8) is 0 Å². The number of likely N-dealkylation sites (N-methyl/N-ethyl adjacent to an activating group) is 1. The molecular weight excluding hydrogens is 278 g/mol. The molecule has 4 aliphatic rings. The first-order valence-corrected chi connectivity index (χ1v) is 8.27. The summed E-state index contributed by atoms with van der Waals surface area (Å²) in [6.07, 6.45) is 3.47. The summed E-state index contributed by atoms with van der Waals surface area (Å²) in [7, 11) is 3.91. The van der Waals surface area contributed by atoms with Crippen molar-refractivity contribution in [3.05, 3.63) is 23.3 Å². The fourth-order valence-corrected chi connectivity index (χ4v) is 5.67. The summed E-state index contributed by atoms with van der Waals surface area (Å²) >= 11 is 0. The van der Waals surface area contributed by atoms with Crippen molar-refractivity contribution in [2.75, 3.05) is 20.7 Å². The molecule has 1 spiro atoms. The lowest BCUT2D eigenvalue weighted by Gasteiger charge is -2.57. The molecule has 0 aromatic heterocycles. The van der Waals surface area contributed by atoms with E-state index in [9.17, 15) is 4.79 Å². The topological polar surface area (TPSA) is 38.8 Å². The Hall–Kier alpha value is -1.55. The smallest absolute Gasteiger partial charge is 0.174 e. The number of piperidine rings is 1. The second-order valence-corrected chi connectivity index (χ2v) is 7.28. The first-order valence-electron chi connectivity index (χ1n) is 8.27. The highest BCUT2D eigenvalue weighted by Gasteiger charge is 2.65. The van der Waals surface area contributed by atoms with Crippen LogP contribution < -0.4 is 9.47 Å². The second-order valence-electron chi connectivity index (χ2n) is 7.28. The van der Waals surface area contributed by atoms with Gasteiger partial charge in [-0.25, -0.2) is 0 Å². The van der Waals surface area contributed by atoms with E-state index in [1.807, 2.05) is 6.07 Å². The summed E-state index contributed by atoms with van der Waals surface area (Å²) in [6.45, 7) is 1.05. The van der Waals surface area contributed by atoms with Crippen molar-refractivity contribution in [2.45, 2.75) is 43.2 Å². The zero-order valence-electron chi connectivity index (χ0n) is 13.1. The molecule has 4 heteroatoms. The van der Waals surface area contributed by atoms with Crippen molar-refractivity contribution >= 4 is 5.78 Å². The SMILES string of the molecule is COc1ccc2c3c1O[C@H]1C(=O)CCC4C(C2)N(C)CC[C@@]341. The van der Waals surface area contributed by atoms with Gasteiger partial charge in [0.25, 0.3) is 0 Å². The molecule has 0 N–H and O–H groups in total. The quantitative estimate of drug-likeness (QED) is 0.794. The lowest BCUT2D eigenvalue weighted by molar-refractivity contribution is -0.138. The predicted octanol–water partition coefficient (Wildman–Crippen LogP) is 1.93. The Bertz CT molecular complexity index is 685. The van der Waals surface area contributed by atoms with Gasteiger partial charge in [0, 0.05) is 23.4 Å². The number of rotatable bonds is 1. The molecule has 2 bridgehead atoms. The lowest BCUT2D eigenvalue weighted by Crippen LogP contribution is -2.65. The van der Waals surface area contributed by atoms with Gasteiger partial charge in [-0.05, 0) is 50.4 Å². The van der Waals surface area contributed by atoms with E-state index in [0.29, 0.717) is 18.4 Å². The van der Waals surface area contributed by atoms with Gasteiger partial charge < -0.3 is 14.4 Å². The van der Waals surface area contributed by atoms with Gasteiger partial charge in [0.1, 0.15) is 0 Å². The zero-order chi connectivity index (χ0) is 15.1. The fourth-order valence-electron chi connectivity index (χ4n) is 5.67. The molecule has 4 nitrogen and oxygen atoms in total. The summed E-state index contributed by atoms with van der Waals surface area (Å²) < 4.78 is 11.8. The third-order valence-electron chi connectivity index (χ3n) is 6.59. The molecular formula is C18H21NO3. The van der Waals surface area contributed by atoms with E-state index < -0.39 is 0 Å². The Balaban J connectivity index is 1.81. The van der Waals surface area contributed by atoms with Gasteiger partial charge >= 0.3 is 0 Å². The van der Waals surface area contributed by atoms with Crippen LogP contribution in [0.3, 0.4) is 0 Å². The Morgan fingerprint density at radius 1 is 1.41 bits per heavy atom. The summed E-state index contributed by atoms with van der Waals surface area (Å²) in [5.74, 6) is 2.46. The molecule has 0 amide bonds.